The fraction of sp³-hybridized carbons (Fsp3) is 0.429. The number of carbonyl (C=O) groups is 1. The van der Waals surface area contributed by atoms with Crippen LogP contribution in [0.25, 0.3) is 4.96 Å². The number of hydrogen-bond donors (Lipinski definition) is 2. The van der Waals surface area contributed by atoms with Crippen LogP contribution in [-0.2, 0) is 17.7 Å². The third-order valence-corrected chi connectivity index (χ3v) is 5.43. The van der Waals surface area contributed by atoms with Gasteiger partial charge in [0.15, 0.2) is 10.7 Å². The number of aliphatic hydroxyl groups excluding tert-OH is 1. The van der Waals surface area contributed by atoms with Crippen LogP contribution in [0.5, 0.6) is 0 Å². The molecule has 0 spiro atoms. The number of nitrogens with one attached hydrogen (secondary N) is 1. The largest absolute Gasteiger partial charge is 0.389 e. The van der Waals surface area contributed by atoms with Gasteiger partial charge in [0.25, 0.3) is 5.91 Å². The summed E-state index contributed by atoms with van der Waals surface area (Å²) in [6.45, 7) is 4.20. The van der Waals surface area contributed by atoms with Crippen LogP contribution < -0.4 is 5.32 Å². The van der Waals surface area contributed by atoms with Crippen LogP contribution in [0.15, 0.2) is 41.9 Å². The number of benzene rings is 1. The monoisotopic (exact) mass is 416 g/mol. The molecule has 0 radical (unpaired) electrons. The minimum atomic E-state index is -0.589. The highest BCUT2D eigenvalue weighted by Gasteiger charge is 2.22. The Morgan fingerprint density at radius 1 is 1.38 bits per heavy atom. The first-order valence-electron chi connectivity index (χ1n) is 9.80. The minimum Gasteiger partial charge on any atom is -0.389 e. The van der Waals surface area contributed by atoms with Crippen molar-refractivity contribution >= 4 is 22.2 Å². The van der Waals surface area contributed by atoms with Crippen LogP contribution in [0.2, 0.25) is 0 Å². The molecule has 1 atom stereocenters. The highest BCUT2D eigenvalue weighted by atomic mass is 32.1. The minimum absolute atomic E-state index is 0.0940. The van der Waals surface area contributed by atoms with Gasteiger partial charge in [0.1, 0.15) is 0 Å². The summed E-state index contributed by atoms with van der Waals surface area (Å²) < 4.78 is 7.17. The number of amides is 1. The molecule has 0 aliphatic carbocycles. The Morgan fingerprint density at radius 3 is 2.93 bits per heavy atom. The highest BCUT2D eigenvalue weighted by molar-refractivity contribution is 7.15. The number of thiazole rings is 1. The van der Waals surface area contributed by atoms with Gasteiger partial charge in [0.2, 0.25) is 0 Å². The molecule has 7 nitrogen and oxygen atoms in total. The zero-order chi connectivity index (χ0) is 20.6. The van der Waals surface area contributed by atoms with Crippen LogP contribution in [-0.4, -0.2) is 64.8 Å². The lowest BCUT2D eigenvalue weighted by atomic mass is 10.1. The van der Waals surface area contributed by atoms with E-state index in [1.54, 1.807) is 4.90 Å². The number of carbonyl (C=O) groups excluding carboxylic acids is 1. The van der Waals surface area contributed by atoms with Gasteiger partial charge in [0, 0.05) is 44.9 Å². The van der Waals surface area contributed by atoms with Gasteiger partial charge in [-0.25, -0.2) is 4.98 Å². The number of hydrogen-bond acceptors (Lipinski definition) is 6. The number of imidazole rings is 1. The van der Waals surface area contributed by atoms with Crippen LogP contribution in [0, 0.1) is 0 Å². The normalized spacial score (nSPS) is 12.4. The highest BCUT2D eigenvalue weighted by Crippen LogP contribution is 2.19. The van der Waals surface area contributed by atoms with E-state index in [-0.39, 0.29) is 12.5 Å². The van der Waals surface area contributed by atoms with Crippen LogP contribution >= 0.6 is 11.3 Å². The number of aromatic nitrogens is 2. The molecule has 29 heavy (non-hydrogen) atoms. The van der Waals surface area contributed by atoms with Gasteiger partial charge in [0.05, 0.1) is 18.4 Å². The number of ether oxygens (including phenoxy) is 1. The fourth-order valence-electron chi connectivity index (χ4n) is 3.07. The Hall–Kier alpha value is -2.26. The van der Waals surface area contributed by atoms with Gasteiger partial charge in [-0.2, -0.15) is 0 Å². The predicted octanol–water partition coefficient (Wildman–Crippen LogP) is 2.20. The van der Waals surface area contributed by atoms with E-state index in [0.29, 0.717) is 31.9 Å². The zero-order valence-electron chi connectivity index (χ0n) is 16.9. The molecule has 2 N–H and O–H groups in total. The zero-order valence-corrected chi connectivity index (χ0v) is 17.7. The molecule has 3 rings (SSSR count). The molecule has 0 saturated heterocycles. The van der Waals surface area contributed by atoms with Crippen molar-refractivity contribution in [3.63, 3.8) is 0 Å². The molecular formula is C21H28N4O3S. The number of rotatable bonds is 11. The van der Waals surface area contributed by atoms with Gasteiger partial charge < -0.3 is 20.1 Å². The smallest absolute Gasteiger partial charge is 0.274 e. The number of aliphatic hydroxyl groups is 1. The predicted molar refractivity (Wildman–Crippen MR) is 114 cm³/mol. The van der Waals surface area contributed by atoms with E-state index in [1.807, 2.05) is 48.1 Å². The Morgan fingerprint density at radius 2 is 2.17 bits per heavy atom. The van der Waals surface area contributed by atoms with Crippen molar-refractivity contribution in [1.82, 2.24) is 19.6 Å². The summed E-state index contributed by atoms with van der Waals surface area (Å²) in [4.78, 5) is 20.1. The third-order valence-electron chi connectivity index (χ3n) is 4.68. The van der Waals surface area contributed by atoms with Crippen molar-refractivity contribution in [1.29, 1.82) is 0 Å². The van der Waals surface area contributed by atoms with E-state index in [9.17, 15) is 9.90 Å². The number of nitrogens with zero attached hydrogens (tertiary/aromatic N) is 3. The summed E-state index contributed by atoms with van der Waals surface area (Å²) >= 11 is 1.50. The van der Waals surface area contributed by atoms with Gasteiger partial charge >= 0.3 is 0 Å². The standard InChI is InChI=1S/C21H28N4O3S/c1-3-28-15-17(26)13-22-14-18-19(23-21-25(18)11-12-29-21)20(27)24(2)10-9-16-7-5-4-6-8-16/h4-8,11-12,17,22,26H,3,9-10,13-15H2,1-2H3/t17-/m1/s1. The Kier molecular flexibility index (Phi) is 7.76. The molecule has 0 aliphatic rings. The molecule has 0 saturated carbocycles. The van der Waals surface area contributed by atoms with E-state index in [0.717, 1.165) is 17.1 Å². The topological polar surface area (TPSA) is 79.1 Å². The van der Waals surface area contributed by atoms with Crippen LogP contribution in [0.3, 0.4) is 0 Å². The maximum absolute atomic E-state index is 13.1. The maximum atomic E-state index is 13.1. The Labute approximate surface area is 174 Å². The van der Waals surface area contributed by atoms with E-state index in [2.05, 4.69) is 22.4 Å². The van der Waals surface area contributed by atoms with Crippen molar-refractivity contribution in [2.24, 2.45) is 0 Å². The van der Waals surface area contributed by atoms with Gasteiger partial charge in [-0.05, 0) is 18.9 Å². The van der Waals surface area contributed by atoms with E-state index < -0.39 is 6.10 Å². The van der Waals surface area contributed by atoms with Crippen molar-refractivity contribution in [3.8, 4) is 0 Å². The first-order valence-corrected chi connectivity index (χ1v) is 10.7. The fourth-order valence-corrected chi connectivity index (χ4v) is 3.80. The molecule has 3 aromatic rings. The summed E-state index contributed by atoms with van der Waals surface area (Å²) in [6.07, 6.45) is 2.12. The lowest BCUT2D eigenvalue weighted by Crippen LogP contribution is -2.33. The second-order valence-electron chi connectivity index (χ2n) is 6.87. The molecule has 2 aromatic heterocycles. The molecule has 0 aliphatic heterocycles. The molecule has 1 aromatic carbocycles. The van der Waals surface area contributed by atoms with Gasteiger partial charge in [-0.3, -0.25) is 9.20 Å². The van der Waals surface area contributed by atoms with Crippen molar-refractivity contribution in [2.45, 2.75) is 26.0 Å². The maximum Gasteiger partial charge on any atom is 0.274 e. The second-order valence-corrected chi connectivity index (χ2v) is 7.74. The van der Waals surface area contributed by atoms with E-state index in [1.165, 1.54) is 16.9 Å². The first-order chi connectivity index (χ1) is 14.1. The van der Waals surface area contributed by atoms with Crippen molar-refractivity contribution in [3.05, 3.63) is 58.9 Å². The van der Waals surface area contributed by atoms with E-state index in [4.69, 9.17) is 4.74 Å². The summed E-state index contributed by atoms with van der Waals surface area (Å²) in [5.41, 5.74) is 2.46. The Balaban J connectivity index is 1.65. The van der Waals surface area contributed by atoms with E-state index >= 15 is 0 Å². The molecule has 156 valence electrons. The first kappa shape index (κ1) is 21.4. The lowest BCUT2D eigenvalue weighted by Gasteiger charge is -2.17. The second kappa shape index (κ2) is 10.5. The molecule has 0 unspecified atom stereocenters. The molecular weight excluding hydrogens is 388 g/mol. The summed E-state index contributed by atoms with van der Waals surface area (Å²) in [7, 11) is 1.81. The lowest BCUT2D eigenvalue weighted by molar-refractivity contribution is 0.0426. The summed E-state index contributed by atoms with van der Waals surface area (Å²) in [6, 6.07) is 10.1. The Bertz CT molecular complexity index is 909. The van der Waals surface area contributed by atoms with Crippen LogP contribution in [0.4, 0.5) is 0 Å². The molecule has 2 heterocycles. The number of likely N-dealkylation sites (N-methyl/N-ethyl adjacent to an activating group) is 1. The number of fused-ring (bicyclic) bond motifs is 1. The molecule has 1 amide bonds. The quantitative estimate of drug-likeness (QED) is 0.501. The summed E-state index contributed by atoms with van der Waals surface area (Å²) in [5, 5.41) is 15.1. The third kappa shape index (κ3) is 5.63. The average molecular weight is 417 g/mol. The van der Waals surface area contributed by atoms with Crippen LogP contribution in [0.1, 0.15) is 28.7 Å². The summed E-state index contributed by atoms with van der Waals surface area (Å²) in [5.74, 6) is -0.0940. The van der Waals surface area contributed by atoms with Crippen molar-refractivity contribution < 1.29 is 14.6 Å². The average Bonchev–Trinajstić information content (AvgIpc) is 3.33. The molecule has 0 bridgehead atoms. The SMILES string of the molecule is CCOC[C@H](O)CNCc1c(C(=O)N(C)CCc2ccccc2)nc2sccn12. The van der Waals surface area contributed by atoms with Gasteiger partial charge in [-0.15, -0.1) is 11.3 Å². The molecule has 0 fully saturated rings. The van der Waals surface area contributed by atoms with Crippen molar-refractivity contribution in [2.75, 3.05) is 33.4 Å². The molecule has 8 heteroatoms. The van der Waals surface area contributed by atoms with Gasteiger partial charge in [-0.1, -0.05) is 30.3 Å².